The lowest BCUT2D eigenvalue weighted by atomic mass is 10.1. The van der Waals surface area contributed by atoms with Gasteiger partial charge in [0.05, 0.1) is 42.2 Å². The first-order valence-electron chi connectivity index (χ1n) is 14.0. The highest BCUT2D eigenvalue weighted by atomic mass is 19.1. The van der Waals surface area contributed by atoms with Gasteiger partial charge >= 0.3 is 12.0 Å². The van der Waals surface area contributed by atoms with E-state index < -0.39 is 35.5 Å². The monoisotopic (exact) mass is 615 g/mol. The number of fused-ring (bicyclic) bond motifs is 1. The Hall–Kier alpha value is -5.31. The fourth-order valence-electron chi connectivity index (χ4n) is 5.12. The molecule has 0 saturated heterocycles. The largest absolute Gasteiger partial charge is 0.465 e. The summed E-state index contributed by atoms with van der Waals surface area (Å²) in [5.74, 6) is -2.24. The number of benzene rings is 3. The van der Waals surface area contributed by atoms with Crippen molar-refractivity contribution in [2.75, 3.05) is 13.8 Å². The van der Waals surface area contributed by atoms with Crippen LogP contribution in [0.1, 0.15) is 45.7 Å². The van der Waals surface area contributed by atoms with E-state index in [9.17, 15) is 13.6 Å². The third-order valence-corrected chi connectivity index (χ3v) is 7.89. The van der Waals surface area contributed by atoms with Crippen LogP contribution in [-0.4, -0.2) is 39.3 Å². The fourth-order valence-corrected chi connectivity index (χ4v) is 5.12. The lowest BCUT2D eigenvalue weighted by Crippen LogP contribution is -2.16. The zero-order valence-electron chi connectivity index (χ0n) is 24.0. The molecule has 3 aromatic carbocycles. The van der Waals surface area contributed by atoms with E-state index >= 15 is 8.78 Å². The van der Waals surface area contributed by atoms with Crippen molar-refractivity contribution in [3.63, 3.8) is 0 Å². The van der Waals surface area contributed by atoms with Crippen LogP contribution in [-0.2, 0) is 24.3 Å². The van der Waals surface area contributed by atoms with Gasteiger partial charge in [-0.05, 0) is 60.9 Å². The van der Waals surface area contributed by atoms with Gasteiger partial charge in [-0.15, -0.1) is 0 Å². The van der Waals surface area contributed by atoms with Gasteiger partial charge in [0.15, 0.2) is 5.82 Å². The van der Waals surface area contributed by atoms with E-state index in [0.29, 0.717) is 29.7 Å². The topological polar surface area (TPSA) is 103 Å². The van der Waals surface area contributed by atoms with Gasteiger partial charge in [0, 0.05) is 35.7 Å². The Morgan fingerprint density at radius 1 is 1.02 bits per heavy atom. The summed E-state index contributed by atoms with van der Waals surface area (Å²) in [5, 5.41) is 8.91. The Kier molecular flexibility index (Phi) is 7.93. The van der Waals surface area contributed by atoms with Crippen molar-refractivity contribution < 1.29 is 31.8 Å². The van der Waals surface area contributed by atoms with Crippen molar-refractivity contribution in [2.45, 2.75) is 32.4 Å². The number of ether oxygens (including phenoxy) is 2. The molecule has 5 aromatic rings. The molecule has 228 valence electrons. The summed E-state index contributed by atoms with van der Waals surface area (Å²) in [5.41, 5.74) is 1.06. The SMILES string of the molecule is COC(=O)c1cc(F)c2nc(Cc3ccc(-c4ccnc(OCc5ccc(C#N)cc5F)n4)c(F)c3)n(CC3(CF)CC3)c2c1. The van der Waals surface area contributed by atoms with E-state index in [-0.39, 0.29) is 59.0 Å². The Bertz CT molecular complexity index is 1980. The minimum Gasteiger partial charge on any atom is -0.465 e. The van der Waals surface area contributed by atoms with Gasteiger partial charge in [-0.1, -0.05) is 12.1 Å². The maximum Gasteiger partial charge on any atom is 0.338 e. The molecule has 1 saturated carbocycles. The molecule has 0 atom stereocenters. The van der Waals surface area contributed by atoms with E-state index in [2.05, 4.69) is 15.0 Å². The highest BCUT2D eigenvalue weighted by molar-refractivity contribution is 5.94. The van der Waals surface area contributed by atoms with Crippen molar-refractivity contribution in [2.24, 2.45) is 5.41 Å². The minimum atomic E-state index is -0.719. The molecule has 0 amide bonds. The van der Waals surface area contributed by atoms with Crippen molar-refractivity contribution in [3.8, 4) is 23.3 Å². The van der Waals surface area contributed by atoms with Gasteiger partial charge in [-0.3, -0.25) is 4.39 Å². The summed E-state index contributed by atoms with van der Waals surface area (Å²) in [6, 6.07) is 14.3. The molecule has 0 spiro atoms. The van der Waals surface area contributed by atoms with Crippen molar-refractivity contribution in [3.05, 3.63) is 106 Å². The lowest BCUT2D eigenvalue weighted by Gasteiger charge is -2.16. The molecule has 12 heteroatoms. The van der Waals surface area contributed by atoms with Crippen LogP contribution in [0, 0.1) is 34.2 Å². The first-order valence-corrected chi connectivity index (χ1v) is 14.0. The molecule has 0 bridgehead atoms. The summed E-state index contributed by atoms with van der Waals surface area (Å²) >= 11 is 0. The number of carbonyl (C=O) groups excluding carboxylic acids is 1. The third kappa shape index (κ3) is 6.06. The molecule has 45 heavy (non-hydrogen) atoms. The van der Waals surface area contributed by atoms with E-state index in [4.69, 9.17) is 14.7 Å². The van der Waals surface area contributed by atoms with Crippen LogP contribution in [0.15, 0.2) is 60.8 Å². The van der Waals surface area contributed by atoms with Crippen LogP contribution < -0.4 is 4.74 Å². The van der Waals surface area contributed by atoms with Crippen molar-refractivity contribution >= 4 is 17.0 Å². The molecule has 2 aromatic heterocycles. The summed E-state index contributed by atoms with van der Waals surface area (Å²) in [6.45, 7) is -0.521. The molecule has 2 heterocycles. The molecule has 6 rings (SSSR count). The number of methoxy groups -OCH3 is 1. The molecule has 0 radical (unpaired) electrons. The number of hydrogen-bond acceptors (Lipinski definition) is 7. The summed E-state index contributed by atoms with van der Waals surface area (Å²) in [7, 11) is 1.20. The smallest absolute Gasteiger partial charge is 0.338 e. The van der Waals surface area contributed by atoms with Crippen LogP contribution >= 0.6 is 0 Å². The number of esters is 1. The minimum absolute atomic E-state index is 0.00549. The zero-order valence-corrected chi connectivity index (χ0v) is 24.0. The summed E-state index contributed by atoms with van der Waals surface area (Å²) in [4.78, 5) is 24.9. The van der Waals surface area contributed by atoms with Gasteiger partial charge in [0.25, 0.3) is 0 Å². The molecular formula is C33H25F4N5O3. The number of halogens is 4. The van der Waals surface area contributed by atoms with Gasteiger partial charge in [0.2, 0.25) is 0 Å². The molecule has 8 nitrogen and oxygen atoms in total. The number of nitrogens with zero attached hydrogens (tertiary/aromatic N) is 5. The number of nitriles is 1. The van der Waals surface area contributed by atoms with Crippen LogP contribution in [0.3, 0.4) is 0 Å². The molecule has 0 unspecified atom stereocenters. The Morgan fingerprint density at radius 2 is 1.84 bits per heavy atom. The number of rotatable bonds is 10. The van der Waals surface area contributed by atoms with E-state index in [1.165, 1.54) is 49.7 Å². The summed E-state index contributed by atoms with van der Waals surface area (Å²) in [6.07, 6.45) is 2.82. The second-order valence-electron chi connectivity index (χ2n) is 11.0. The second kappa shape index (κ2) is 12.0. The molecule has 0 aliphatic heterocycles. The van der Waals surface area contributed by atoms with Gasteiger partial charge in [0.1, 0.15) is 29.6 Å². The van der Waals surface area contributed by atoms with Gasteiger partial charge < -0.3 is 14.0 Å². The number of aromatic nitrogens is 4. The predicted octanol–water partition coefficient (Wildman–Crippen LogP) is 6.49. The Balaban J connectivity index is 1.26. The molecule has 1 aliphatic carbocycles. The Morgan fingerprint density at radius 3 is 2.53 bits per heavy atom. The number of imidazole rings is 1. The number of carbonyl (C=O) groups is 1. The maximum absolute atomic E-state index is 15.5. The average Bonchev–Trinajstić information content (AvgIpc) is 3.75. The molecular weight excluding hydrogens is 590 g/mol. The number of hydrogen-bond donors (Lipinski definition) is 0. The van der Waals surface area contributed by atoms with Crippen LogP contribution in [0.25, 0.3) is 22.3 Å². The van der Waals surface area contributed by atoms with Crippen LogP contribution in [0.2, 0.25) is 0 Å². The molecule has 1 fully saturated rings. The van der Waals surface area contributed by atoms with E-state index in [0.717, 1.165) is 12.1 Å². The van der Waals surface area contributed by atoms with E-state index in [1.807, 2.05) is 6.07 Å². The highest BCUT2D eigenvalue weighted by Gasteiger charge is 2.44. The highest BCUT2D eigenvalue weighted by Crippen LogP contribution is 2.48. The van der Waals surface area contributed by atoms with Gasteiger partial charge in [-0.25, -0.2) is 27.9 Å². The molecule has 0 N–H and O–H groups in total. The predicted molar refractivity (Wildman–Crippen MR) is 154 cm³/mol. The van der Waals surface area contributed by atoms with Gasteiger partial charge in [-0.2, -0.15) is 10.2 Å². The number of alkyl halides is 1. The lowest BCUT2D eigenvalue weighted by molar-refractivity contribution is 0.0600. The Labute approximate surface area is 254 Å². The van der Waals surface area contributed by atoms with Crippen molar-refractivity contribution in [1.29, 1.82) is 5.26 Å². The standard InChI is InChI=1S/C33H25F4N5O3/c1-44-31(43)22-13-26(37)30-28(14-22)42(18-33(17-34)7-8-33)29(41-30)12-19-3-5-23(25(36)10-19)27-6-9-39-32(40-27)45-16-21-4-2-20(15-38)11-24(21)35/h2-6,9-11,13-14H,7-8,12,16-18H2,1H3. The fraction of sp³-hybridized carbons (Fsp3) is 0.242. The summed E-state index contributed by atoms with van der Waals surface area (Å²) < 4.78 is 70.7. The normalized spacial score (nSPS) is 13.4. The quantitative estimate of drug-likeness (QED) is 0.131. The van der Waals surface area contributed by atoms with Crippen LogP contribution in [0.4, 0.5) is 17.6 Å². The van der Waals surface area contributed by atoms with Crippen molar-refractivity contribution in [1.82, 2.24) is 19.5 Å². The average molecular weight is 616 g/mol. The third-order valence-electron chi connectivity index (χ3n) is 7.89. The second-order valence-corrected chi connectivity index (χ2v) is 11.0. The maximum atomic E-state index is 15.5. The molecule has 1 aliphatic rings. The zero-order chi connectivity index (χ0) is 31.7. The first-order chi connectivity index (χ1) is 21.7. The van der Waals surface area contributed by atoms with Crippen LogP contribution in [0.5, 0.6) is 6.01 Å². The van der Waals surface area contributed by atoms with E-state index in [1.54, 1.807) is 10.6 Å². The first kappa shape index (κ1) is 29.7.